The van der Waals surface area contributed by atoms with Crippen LogP contribution < -0.4 is 0 Å². The van der Waals surface area contributed by atoms with Gasteiger partial charge in [0.1, 0.15) is 11.0 Å². The van der Waals surface area contributed by atoms with Gasteiger partial charge in [0.2, 0.25) is 5.89 Å². The fourth-order valence-electron chi connectivity index (χ4n) is 2.20. The van der Waals surface area contributed by atoms with E-state index in [1.807, 2.05) is 13.1 Å². The maximum atomic E-state index is 5.26. The molecule has 0 spiro atoms. The van der Waals surface area contributed by atoms with E-state index in [4.69, 9.17) is 4.52 Å². The van der Waals surface area contributed by atoms with Crippen LogP contribution in [0.5, 0.6) is 0 Å². The second kappa shape index (κ2) is 6.28. The molecule has 0 aliphatic carbocycles. The highest BCUT2D eigenvalue weighted by molar-refractivity contribution is 7.00. The fourth-order valence-corrected chi connectivity index (χ4v) is 2.72. The Morgan fingerprint density at radius 2 is 2.05 bits per heavy atom. The molecule has 0 bridgehead atoms. The van der Waals surface area contributed by atoms with Gasteiger partial charge in [0.05, 0.1) is 18.3 Å². The molecule has 0 amide bonds. The van der Waals surface area contributed by atoms with Crippen LogP contribution in [0.4, 0.5) is 0 Å². The Morgan fingerprint density at radius 1 is 1.19 bits per heavy atom. The van der Waals surface area contributed by atoms with Gasteiger partial charge < -0.3 is 4.52 Å². The molecule has 3 rings (SSSR count). The minimum Gasteiger partial charge on any atom is -0.338 e. The van der Waals surface area contributed by atoms with Crippen molar-refractivity contribution in [3.05, 3.63) is 35.5 Å². The Bertz CT molecular complexity index is 723. The molecule has 6 nitrogen and oxygen atoms in total. The fraction of sp³-hybridized carbons (Fsp3) is 0.429. The lowest BCUT2D eigenvalue weighted by atomic mass is 10.2. The van der Waals surface area contributed by atoms with Gasteiger partial charge in [-0.25, -0.2) is 0 Å². The summed E-state index contributed by atoms with van der Waals surface area (Å²) in [5.74, 6) is 1.45. The van der Waals surface area contributed by atoms with Crippen LogP contribution in [-0.4, -0.2) is 30.8 Å². The number of rotatable bonds is 6. The average molecular weight is 303 g/mol. The van der Waals surface area contributed by atoms with E-state index >= 15 is 0 Å². The first kappa shape index (κ1) is 14.1. The van der Waals surface area contributed by atoms with Crippen LogP contribution in [-0.2, 0) is 19.5 Å². The molecule has 0 atom stereocenters. The summed E-state index contributed by atoms with van der Waals surface area (Å²) in [6.07, 6.45) is 1.89. The third kappa shape index (κ3) is 3.43. The van der Waals surface area contributed by atoms with Crippen molar-refractivity contribution >= 4 is 22.8 Å². The number of aromatic nitrogens is 4. The molecule has 2 heterocycles. The van der Waals surface area contributed by atoms with E-state index in [1.165, 1.54) is 17.3 Å². The van der Waals surface area contributed by atoms with E-state index < -0.39 is 0 Å². The molecule has 3 aromatic rings. The van der Waals surface area contributed by atoms with Gasteiger partial charge >= 0.3 is 0 Å². The van der Waals surface area contributed by atoms with E-state index in [-0.39, 0.29) is 0 Å². The Kier molecular flexibility index (Phi) is 4.21. The van der Waals surface area contributed by atoms with Crippen molar-refractivity contribution in [2.75, 3.05) is 7.05 Å². The van der Waals surface area contributed by atoms with Crippen LogP contribution in [0.15, 0.2) is 22.7 Å². The molecular weight excluding hydrogens is 286 g/mol. The molecule has 1 aromatic carbocycles. The standard InChI is InChI=1S/C14H17N5OS/c1-3-4-13-15-14(20-16-13)9-19(2)8-10-5-6-11-12(7-10)18-21-17-11/h5-7H,3-4,8-9H2,1-2H3. The largest absolute Gasteiger partial charge is 0.338 e. The Morgan fingerprint density at radius 3 is 2.90 bits per heavy atom. The Balaban J connectivity index is 1.63. The average Bonchev–Trinajstić information content (AvgIpc) is 3.08. The van der Waals surface area contributed by atoms with Crippen LogP contribution in [0.2, 0.25) is 0 Å². The highest BCUT2D eigenvalue weighted by Crippen LogP contribution is 2.15. The molecule has 0 fully saturated rings. The lowest BCUT2D eigenvalue weighted by molar-refractivity contribution is 0.260. The van der Waals surface area contributed by atoms with Crippen molar-refractivity contribution in [1.82, 2.24) is 23.8 Å². The van der Waals surface area contributed by atoms with Gasteiger partial charge in [-0.1, -0.05) is 18.1 Å². The van der Waals surface area contributed by atoms with E-state index in [9.17, 15) is 0 Å². The third-order valence-corrected chi connectivity index (χ3v) is 3.72. The van der Waals surface area contributed by atoms with Crippen molar-refractivity contribution in [3.8, 4) is 0 Å². The van der Waals surface area contributed by atoms with Crippen molar-refractivity contribution in [2.45, 2.75) is 32.9 Å². The van der Waals surface area contributed by atoms with E-state index in [2.05, 4.69) is 42.8 Å². The zero-order valence-electron chi connectivity index (χ0n) is 12.1. The first-order valence-electron chi connectivity index (χ1n) is 6.96. The normalized spacial score (nSPS) is 11.6. The molecule has 0 N–H and O–H groups in total. The number of fused-ring (bicyclic) bond motifs is 1. The molecule has 0 saturated carbocycles. The summed E-state index contributed by atoms with van der Waals surface area (Å²) in [5, 5.41) is 3.97. The lowest BCUT2D eigenvalue weighted by Crippen LogP contribution is -2.17. The topological polar surface area (TPSA) is 67.9 Å². The van der Waals surface area contributed by atoms with Gasteiger partial charge in [0, 0.05) is 13.0 Å². The summed E-state index contributed by atoms with van der Waals surface area (Å²) < 4.78 is 13.7. The minimum absolute atomic E-state index is 0.643. The molecule has 21 heavy (non-hydrogen) atoms. The smallest absolute Gasteiger partial charge is 0.240 e. The summed E-state index contributed by atoms with van der Waals surface area (Å²) in [6, 6.07) is 6.16. The predicted octanol–water partition coefficient (Wildman–Crippen LogP) is 2.66. The van der Waals surface area contributed by atoms with Gasteiger partial charge in [0.15, 0.2) is 5.82 Å². The summed E-state index contributed by atoms with van der Waals surface area (Å²) in [5.41, 5.74) is 3.10. The van der Waals surface area contributed by atoms with Crippen LogP contribution in [0.1, 0.15) is 30.6 Å². The van der Waals surface area contributed by atoms with Gasteiger partial charge in [-0.3, -0.25) is 4.90 Å². The van der Waals surface area contributed by atoms with Crippen LogP contribution >= 0.6 is 11.7 Å². The van der Waals surface area contributed by atoms with Gasteiger partial charge in [-0.2, -0.15) is 13.7 Å². The van der Waals surface area contributed by atoms with E-state index in [0.29, 0.717) is 12.4 Å². The molecule has 0 unspecified atom stereocenters. The van der Waals surface area contributed by atoms with Gasteiger partial charge in [0.25, 0.3) is 0 Å². The number of nitrogens with zero attached hydrogens (tertiary/aromatic N) is 5. The lowest BCUT2D eigenvalue weighted by Gasteiger charge is -2.13. The van der Waals surface area contributed by atoms with Crippen molar-refractivity contribution in [1.29, 1.82) is 0 Å². The molecule has 2 aromatic heterocycles. The molecule has 0 aliphatic heterocycles. The molecule has 0 radical (unpaired) electrons. The van der Waals surface area contributed by atoms with Crippen molar-refractivity contribution in [2.24, 2.45) is 0 Å². The van der Waals surface area contributed by atoms with E-state index in [0.717, 1.165) is 36.2 Å². The number of hydrogen-bond donors (Lipinski definition) is 0. The zero-order chi connectivity index (χ0) is 14.7. The van der Waals surface area contributed by atoms with E-state index in [1.54, 1.807) is 0 Å². The quantitative estimate of drug-likeness (QED) is 0.697. The zero-order valence-corrected chi connectivity index (χ0v) is 12.9. The van der Waals surface area contributed by atoms with Crippen molar-refractivity contribution in [3.63, 3.8) is 0 Å². The SMILES string of the molecule is CCCc1noc(CN(C)Cc2ccc3nsnc3c2)n1. The second-order valence-electron chi connectivity index (χ2n) is 5.11. The third-order valence-electron chi connectivity index (χ3n) is 3.16. The molecule has 0 saturated heterocycles. The summed E-state index contributed by atoms with van der Waals surface area (Å²) in [7, 11) is 2.03. The monoisotopic (exact) mass is 303 g/mol. The number of benzene rings is 1. The second-order valence-corrected chi connectivity index (χ2v) is 5.64. The van der Waals surface area contributed by atoms with Crippen LogP contribution in [0.25, 0.3) is 11.0 Å². The van der Waals surface area contributed by atoms with Crippen LogP contribution in [0, 0.1) is 0 Å². The summed E-state index contributed by atoms with van der Waals surface area (Å²) in [6.45, 7) is 3.55. The van der Waals surface area contributed by atoms with Crippen molar-refractivity contribution < 1.29 is 4.52 Å². The number of hydrogen-bond acceptors (Lipinski definition) is 7. The number of aryl methyl sites for hydroxylation is 1. The molecule has 0 aliphatic rings. The first-order chi connectivity index (χ1) is 10.2. The summed E-state index contributed by atoms with van der Waals surface area (Å²) >= 11 is 1.24. The highest BCUT2D eigenvalue weighted by Gasteiger charge is 2.10. The van der Waals surface area contributed by atoms with Crippen LogP contribution in [0.3, 0.4) is 0 Å². The maximum Gasteiger partial charge on any atom is 0.240 e. The maximum absolute atomic E-state index is 5.26. The first-order valence-corrected chi connectivity index (χ1v) is 7.69. The molecular formula is C14H17N5OS. The Labute approximate surface area is 127 Å². The molecule has 7 heteroatoms. The summed E-state index contributed by atoms with van der Waals surface area (Å²) in [4.78, 5) is 6.53. The van der Waals surface area contributed by atoms with Gasteiger partial charge in [-0.15, -0.1) is 0 Å². The molecule has 110 valence electrons. The predicted molar refractivity (Wildman–Crippen MR) is 80.9 cm³/mol. The Hall–Kier alpha value is -1.86. The van der Waals surface area contributed by atoms with Gasteiger partial charge in [-0.05, 0) is 31.2 Å². The minimum atomic E-state index is 0.643. The highest BCUT2D eigenvalue weighted by atomic mass is 32.1.